The van der Waals surface area contributed by atoms with E-state index in [0.717, 1.165) is 19.4 Å². The Morgan fingerprint density at radius 3 is 2.78 bits per heavy atom. The van der Waals surface area contributed by atoms with Gasteiger partial charge in [-0.1, -0.05) is 36.4 Å². The van der Waals surface area contributed by atoms with E-state index in [1.54, 1.807) is 24.3 Å². The summed E-state index contributed by atoms with van der Waals surface area (Å²) in [5, 5.41) is 2.97. The van der Waals surface area contributed by atoms with Crippen LogP contribution in [0, 0.1) is 5.92 Å². The van der Waals surface area contributed by atoms with E-state index >= 15 is 0 Å². The molecule has 1 aliphatic heterocycles. The highest BCUT2D eigenvalue weighted by Crippen LogP contribution is 2.16. The molecule has 1 fully saturated rings. The minimum absolute atomic E-state index is 0.0437. The van der Waals surface area contributed by atoms with E-state index in [0.29, 0.717) is 24.6 Å². The third-order valence-corrected chi connectivity index (χ3v) is 3.96. The molecule has 4 heteroatoms. The van der Waals surface area contributed by atoms with E-state index in [9.17, 15) is 9.59 Å². The first kappa shape index (κ1) is 17.0. The molecule has 0 spiro atoms. The number of amides is 2. The highest BCUT2D eigenvalue weighted by atomic mass is 16.2. The summed E-state index contributed by atoms with van der Waals surface area (Å²) < 4.78 is 0. The number of nitrogens with zero attached hydrogens (tertiary/aromatic N) is 1. The van der Waals surface area contributed by atoms with Crippen LogP contribution in [0.15, 0.2) is 54.6 Å². The van der Waals surface area contributed by atoms with Crippen LogP contribution in [0.2, 0.25) is 0 Å². The topological polar surface area (TPSA) is 49.4 Å². The second kappa shape index (κ2) is 8.93. The molecule has 0 bridgehead atoms. The molecule has 122 valence electrons. The van der Waals surface area contributed by atoms with E-state index < -0.39 is 0 Å². The molecule has 1 N–H and O–H groups in total. The van der Waals surface area contributed by atoms with Crippen LogP contribution in [0.4, 0.5) is 0 Å². The summed E-state index contributed by atoms with van der Waals surface area (Å²) >= 11 is 0. The summed E-state index contributed by atoms with van der Waals surface area (Å²) in [6, 6.07) is 9.21. The van der Waals surface area contributed by atoms with Gasteiger partial charge in [0.2, 0.25) is 5.91 Å². The number of allylic oxidation sites excluding steroid dienone is 3. The number of rotatable bonds is 5. The second-order valence-electron chi connectivity index (χ2n) is 5.75. The maximum atomic E-state index is 12.1. The van der Waals surface area contributed by atoms with Gasteiger partial charge in [-0.25, -0.2) is 0 Å². The predicted molar refractivity (Wildman–Crippen MR) is 92.0 cm³/mol. The van der Waals surface area contributed by atoms with Crippen LogP contribution in [0.25, 0.3) is 0 Å². The summed E-state index contributed by atoms with van der Waals surface area (Å²) in [7, 11) is 0. The molecule has 1 atom stereocenters. The van der Waals surface area contributed by atoms with Crippen molar-refractivity contribution in [1.29, 1.82) is 0 Å². The molecular formula is C19H24N2O2. The standard InChI is InChI=1S/C19H24N2O2/c1-2-3-5-12-18(22)21-13-8-9-16(15-21)14-20-19(23)17-10-6-4-7-11-17/h2-7,10-12,16H,8-9,13-15H2,1H3,(H,20,23). The zero-order chi connectivity index (χ0) is 16.5. The number of hydrogen-bond donors (Lipinski definition) is 1. The molecule has 1 heterocycles. The molecule has 0 aromatic heterocycles. The van der Waals surface area contributed by atoms with Crippen molar-refractivity contribution in [2.24, 2.45) is 5.92 Å². The Balaban J connectivity index is 1.82. The van der Waals surface area contributed by atoms with E-state index in [-0.39, 0.29) is 11.8 Å². The van der Waals surface area contributed by atoms with Crippen molar-refractivity contribution in [1.82, 2.24) is 10.2 Å². The largest absolute Gasteiger partial charge is 0.352 e. The Kier molecular flexibility index (Phi) is 6.60. The highest BCUT2D eigenvalue weighted by Gasteiger charge is 2.22. The minimum atomic E-state index is -0.0537. The second-order valence-corrected chi connectivity index (χ2v) is 5.75. The molecule has 2 rings (SSSR count). The van der Waals surface area contributed by atoms with Gasteiger partial charge in [0.05, 0.1) is 0 Å². The van der Waals surface area contributed by atoms with Crippen LogP contribution in [0.3, 0.4) is 0 Å². The Hall–Kier alpha value is -2.36. The average molecular weight is 312 g/mol. The van der Waals surface area contributed by atoms with Gasteiger partial charge in [0.25, 0.3) is 5.91 Å². The summed E-state index contributed by atoms with van der Waals surface area (Å²) in [5.74, 6) is 0.305. The van der Waals surface area contributed by atoms with E-state index in [4.69, 9.17) is 0 Å². The van der Waals surface area contributed by atoms with Gasteiger partial charge in [-0.05, 0) is 37.8 Å². The van der Waals surface area contributed by atoms with E-state index in [1.807, 2.05) is 42.2 Å². The van der Waals surface area contributed by atoms with Crippen LogP contribution < -0.4 is 5.32 Å². The average Bonchev–Trinajstić information content (AvgIpc) is 2.61. The number of likely N-dealkylation sites (tertiary alicyclic amines) is 1. The first-order valence-electron chi connectivity index (χ1n) is 8.12. The lowest BCUT2D eigenvalue weighted by atomic mass is 9.97. The number of carbonyl (C=O) groups excluding carboxylic acids is 2. The van der Waals surface area contributed by atoms with Crippen molar-refractivity contribution in [3.63, 3.8) is 0 Å². The van der Waals surface area contributed by atoms with Crippen LogP contribution in [0.5, 0.6) is 0 Å². The smallest absolute Gasteiger partial charge is 0.251 e. The van der Waals surface area contributed by atoms with Crippen molar-refractivity contribution in [3.8, 4) is 0 Å². The summed E-state index contributed by atoms with van der Waals surface area (Å²) in [5.41, 5.74) is 0.672. The third kappa shape index (κ3) is 5.40. The fourth-order valence-electron chi connectivity index (χ4n) is 2.71. The zero-order valence-corrected chi connectivity index (χ0v) is 13.6. The molecule has 1 saturated heterocycles. The number of benzene rings is 1. The Morgan fingerprint density at radius 2 is 2.04 bits per heavy atom. The molecule has 1 unspecified atom stereocenters. The fraction of sp³-hybridized carbons (Fsp3) is 0.368. The molecule has 2 amide bonds. The number of piperidine rings is 1. The lowest BCUT2D eigenvalue weighted by Gasteiger charge is -2.32. The third-order valence-electron chi connectivity index (χ3n) is 3.96. The molecule has 23 heavy (non-hydrogen) atoms. The number of carbonyl (C=O) groups is 2. The lowest BCUT2D eigenvalue weighted by molar-refractivity contribution is -0.127. The van der Waals surface area contributed by atoms with Crippen LogP contribution >= 0.6 is 0 Å². The van der Waals surface area contributed by atoms with Crippen molar-refractivity contribution >= 4 is 11.8 Å². The summed E-state index contributed by atoms with van der Waals surface area (Å²) in [6.45, 7) is 4.02. The first-order chi connectivity index (χ1) is 11.2. The van der Waals surface area contributed by atoms with Gasteiger partial charge in [-0.3, -0.25) is 9.59 Å². The molecule has 0 saturated carbocycles. The highest BCUT2D eigenvalue weighted by molar-refractivity contribution is 5.94. The summed E-state index contributed by atoms with van der Waals surface area (Å²) in [6.07, 6.45) is 9.13. The monoisotopic (exact) mass is 312 g/mol. The zero-order valence-electron chi connectivity index (χ0n) is 13.6. The summed E-state index contributed by atoms with van der Waals surface area (Å²) in [4.78, 5) is 26.0. The number of nitrogens with one attached hydrogen (secondary N) is 1. The molecule has 1 aromatic rings. The Bertz CT molecular complexity index is 578. The van der Waals surface area contributed by atoms with Gasteiger partial charge in [0.15, 0.2) is 0 Å². The van der Waals surface area contributed by atoms with Gasteiger partial charge < -0.3 is 10.2 Å². The van der Waals surface area contributed by atoms with Crippen LogP contribution in [-0.4, -0.2) is 36.3 Å². The maximum Gasteiger partial charge on any atom is 0.251 e. The van der Waals surface area contributed by atoms with Crippen molar-refractivity contribution < 1.29 is 9.59 Å². The van der Waals surface area contributed by atoms with Gasteiger partial charge in [-0.2, -0.15) is 0 Å². The molecular weight excluding hydrogens is 288 g/mol. The van der Waals surface area contributed by atoms with Crippen molar-refractivity contribution in [3.05, 3.63) is 60.2 Å². The van der Waals surface area contributed by atoms with Crippen LogP contribution in [-0.2, 0) is 4.79 Å². The normalized spacial score (nSPS) is 18.5. The van der Waals surface area contributed by atoms with E-state index in [2.05, 4.69) is 5.32 Å². The van der Waals surface area contributed by atoms with Gasteiger partial charge in [0, 0.05) is 31.3 Å². The maximum absolute atomic E-state index is 12.1. The van der Waals surface area contributed by atoms with E-state index in [1.165, 1.54) is 0 Å². The molecule has 1 aliphatic rings. The molecule has 0 radical (unpaired) electrons. The minimum Gasteiger partial charge on any atom is -0.352 e. The van der Waals surface area contributed by atoms with Gasteiger partial charge in [-0.15, -0.1) is 0 Å². The number of hydrogen-bond acceptors (Lipinski definition) is 2. The lowest BCUT2D eigenvalue weighted by Crippen LogP contribution is -2.43. The quantitative estimate of drug-likeness (QED) is 0.671. The molecule has 0 aliphatic carbocycles. The van der Waals surface area contributed by atoms with Gasteiger partial charge >= 0.3 is 0 Å². The van der Waals surface area contributed by atoms with Crippen LogP contribution in [0.1, 0.15) is 30.1 Å². The van der Waals surface area contributed by atoms with Crippen molar-refractivity contribution in [2.45, 2.75) is 19.8 Å². The first-order valence-corrected chi connectivity index (χ1v) is 8.12. The molecule has 1 aromatic carbocycles. The fourth-order valence-corrected chi connectivity index (χ4v) is 2.71. The Labute approximate surface area is 137 Å². The van der Waals surface area contributed by atoms with Crippen molar-refractivity contribution in [2.75, 3.05) is 19.6 Å². The molecule has 4 nitrogen and oxygen atoms in total. The predicted octanol–water partition coefficient (Wildman–Crippen LogP) is 2.79. The Morgan fingerprint density at radius 1 is 1.26 bits per heavy atom. The van der Waals surface area contributed by atoms with Gasteiger partial charge in [0.1, 0.15) is 0 Å². The SMILES string of the molecule is CC=CC=CC(=O)N1CCCC(CNC(=O)c2ccccc2)C1.